The molecule has 1 rings (SSSR count). The Morgan fingerprint density at radius 3 is 2.38 bits per heavy atom. The second kappa shape index (κ2) is 17.0. The molecule has 0 aromatic heterocycles. The zero-order chi connectivity index (χ0) is 18.3. The standard InChI is InChI=1S/C20H42N4O.HI/c1-5-24(6-2)16-11-12-18(3)23-20(21-4)22-15-17-25-19-13-9-7-8-10-14-19;/h18-19H,5-17H2,1-4H3,(H2,21,22,23);1H. The van der Waals surface area contributed by atoms with Crippen LogP contribution in [-0.2, 0) is 4.74 Å². The summed E-state index contributed by atoms with van der Waals surface area (Å²) in [5.41, 5.74) is 0. The van der Waals surface area contributed by atoms with Gasteiger partial charge in [0.05, 0.1) is 12.7 Å². The Balaban J connectivity index is 0.00000625. The van der Waals surface area contributed by atoms with Crippen molar-refractivity contribution >= 4 is 29.9 Å². The summed E-state index contributed by atoms with van der Waals surface area (Å²) in [5, 5.41) is 6.87. The molecule has 26 heavy (non-hydrogen) atoms. The third kappa shape index (κ3) is 12.3. The zero-order valence-corrected chi connectivity index (χ0v) is 19.9. The molecule has 1 aliphatic carbocycles. The van der Waals surface area contributed by atoms with E-state index < -0.39 is 0 Å². The lowest BCUT2D eigenvalue weighted by molar-refractivity contribution is 0.0468. The van der Waals surface area contributed by atoms with Gasteiger partial charge in [-0.3, -0.25) is 4.99 Å². The van der Waals surface area contributed by atoms with E-state index in [-0.39, 0.29) is 24.0 Å². The van der Waals surface area contributed by atoms with Crippen molar-refractivity contribution in [3.63, 3.8) is 0 Å². The Labute approximate surface area is 179 Å². The molecule has 0 saturated heterocycles. The fourth-order valence-electron chi connectivity index (χ4n) is 3.46. The van der Waals surface area contributed by atoms with Crippen LogP contribution >= 0.6 is 24.0 Å². The third-order valence-electron chi connectivity index (χ3n) is 5.16. The van der Waals surface area contributed by atoms with Gasteiger partial charge in [-0.25, -0.2) is 0 Å². The minimum Gasteiger partial charge on any atom is -0.376 e. The average molecular weight is 482 g/mol. The molecule has 0 amide bonds. The molecule has 0 aliphatic heterocycles. The molecular weight excluding hydrogens is 439 g/mol. The SMILES string of the molecule is CCN(CC)CCCC(C)NC(=NC)NCCOC1CCCCCC1.I. The molecule has 1 saturated carbocycles. The summed E-state index contributed by atoms with van der Waals surface area (Å²) < 4.78 is 6.03. The van der Waals surface area contributed by atoms with Crippen LogP contribution in [0.25, 0.3) is 0 Å². The van der Waals surface area contributed by atoms with Crippen LogP contribution in [0, 0.1) is 0 Å². The predicted molar refractivity (Wildman–Crippen MR) is 124 cm³/mol. The summed E-state index contributed by atoms with van der Waals surface area (Å²) >= 11 is 0. The van der Waals surface area contributed by atoms with Gasteiger partial charge in [-0.2, -0.15) is 0 Å². The van der Waals surface area contributed by atoms with E-state index in [9.17, 15) is 0 Å². The molecule has 0 radical (unpaired) electrons. The van der Waals surface area contributed by atoms with Crippen LogP contribution in [0.2, 0.25) is 0 Å². The van der Waals surface area contributed by atoms with Gasteiger partial charge < -0.3 is 20.3 Å². The molecule has 0 heterocycles. The van der Waals surface area contributed by atoms with Gasteiger partial charge in [0.2, 0.25) is 0 Å². The normalized spacial score (nSPS) is 17.5. The van der Waals surface area contributed by atoms with Crippen molar-refractivity contribution in [1.82, 2.24) is 15.5 Å². The van der Waals surface area contributed by atoms with E-state index in [1.54, 1.807) is 0 Å². The fourth-order valence-corrected chi connectivity index (χ4v) is 3.46. The summed E-state index contributed by atoms with van der Waals surface area (Å²) in [4.78, 5) is 6.81. The van der Waals surface area contributed by atoms with Crippen molar-refractivity contribution in [2.24, 2.45) is 4.99 Å². The van der Waals surface area contributed by atoms with E-state index in [1.807, 2.05) is 7.05 Å². The highest BCUT2D eigenvalue weighted by atomic mass is 127. The van der Waals surface area contributed by atoms with Crippen molar-refractivity contribution in [2.45, 2.75) is 84.3 Å². The Kier molecular flexibility index (Phi) is 17.0. The summed E-state index contributed by atoms with van der Waals surface area (Å²) in [7, 11) is 1.84. The largest absolute Gasteiger partial charge is 0.376 e. The number of hydrogen-bond acceptors (Lipinski definition) is 3. The monoisotopic (exact) mass is 482 g/mol. The van der Waals surface area contributed by atoms with Crippen molar-refractivity contribution in [3.8, 4) is 0 Å². The van der Waals surface area contributed by atoms with Crippen LogP contribution in [0.1, 0.15) is 72.1 Å². The van der Waals surface area contributed by atoms with Crippen LogP contribution in [0.3, 0.4) is 0 Å². The summed E-state index contributed by atoms with van der Waals surface area (Å²) in [6.07, 6.45) is 10.7. The minimum absolute atomic E-state index is 0. The van der Waals surface area contributed by atoms with Gasteiger partial charge in [0.1, 0.15) is 0 Å². The van der Waals surface area contributed by atoms with E-state index in [1.165, 1.54) is 51.5 Å². The first-order chi connectivity index (χ1) is 12.2. The van der Waals surface area contributed by atoms with Gasteiger partial charge in [0.25, 0.3) is 0 Å². The van der Waals surface area contributed by atoms with Gasteiger partial charge in [-0.05, 0) is 52.2 Å². The maximum Gasteiger partial charge on any atom is 0.191 e. The number of guanidine groups is 1. The van der Waals surface area contributed by atoms with E-state index >= 15 is 0 Å². The highest BCUT2D eigenvalue weighted by molar-refractivity contribution is 14.0. The predicted octanol–water partition coefficient (Wildman–Crippen LogP) is 4.02. The Bertz CT molecular complexity index is 343. The number of nitrogens with one attached hydrogen (secondary N) is 2. The maximum absolute atomic E-state index is 6.03. The molecular formula is C20H43IN4O. The summed E-state index contributed by atoms with van der Waals surface area (Å²) in [6, 6.07) is 0.435. The number of ether oxygens (including phenoxy) is 1. The van der Waals surface area contributed by atoms with E-state index in [0.717, 1.165) is 38.6 Å². The molecule has 5 nitrogen and oxygen atoms in total. The minimum atomic E-state index is 0. The molecule has 6 heteroatoms. The number of halogens is 1. The number of rotatable bonds is 11. The quantitative estimate of drug-likeness (QED) is 0.154. The first-order valence-electron chi connectivity index (χ1n) is 10.5. The first-order valence-corrected chi connectivity index (χ1v) is 10.5. The molecule has 2 N–H and O–H groups in total. The van der Waals surface area contributed by atoms with Gasteiger partial charge in [0, 0.05) is 19.6 Å². The molecule has 1 unspecified atom stereocenters. The maximum atomic E-state index is 6.03. The van der Waals surface area contributed by atoms with Gasteiger partial charge in [-0.15, -0.1) is 24.0 Å². The van der Waals surface area contributed by atoms with Gasteiger partial charge >= 0.3 is 0 Å². The van der Waals surface area contributed by atoms with Crippen LogP contribution in [0.5, 0.6) is 0 Å². The van der Waals surface area contributed by atoms with E-state index in [2.05, 4.69) is 41.3 Å². The summed E-state index contributed by atoms with van der Waals surface area (Å²) in [6.45, 7) is 11.7. The average Bonchev–Trinajstić information content (AvgIpc) is 2.90. The molecule has 1 atom stereocenters. The lowest BCUT2D eigenvalue weighted by atomic mass is 10.1. The van der Waals surface area contributed by atoms with Crippen molar-refractivity contribution in [2.75, 3.05) is 39.8 Å². The van der Waals surface area contributed by atoms with Gasteiger partial charge in [-0.1, -0.05) is 39.5 Å². The molecule has 0 bridgehead atoms. The molecule has 156 valence electrons. The summed E-state index contributed by atoms with van der Waals surface area (Å²) in [5.74, 6) is 0.889. The first kappa shape index (κ1) is 25.9. The Morgan fingerprint density at radius 1 is 1.15 bits per heavy atom. The highest BCUT2D eigenvalue weighted by Gasteiger charge is 2.12. The number of aliphatic imine (C=N–C) groups is 1. The Hall–Kier alpha value is -0.0800. The van der Waals surface area contributed by atoms with Crippen molar-refractivity contribution < 1.29 is 4.74 Å². The topological polar surface area (TPSA) is 48.9 Å². The second-order valence-corrected chi connectivity index (χ2v) is 7.20. The van der Waals surface area contributed by atoms with E-state index in [4.69, 9.17) is 4.74 Å². The van der Waals surface area contributed by atoms with E-state index in [0.29, 0.717) is 12.1 Å². The van der Waals surface area contributed by atoms with Gasteiger partial charge in [0.15, 0.2) is 5.96 Å². The zero-order valence-electron chi connectivity index (χ0n) is 17.6. The molecule has 1 aliphatic rings. The molecule has 0 spiro atoms. The van der Waals surface area contributed by atoms with Crippen molar-refractivity contribution in [3.05, 3.63) is 0 Å². The fraction of sp³-hybridized carbons (Fsp3) is 0.950. The van der Waals surface area contributed by atoms with Crippen LogP contribution in [-0.4, -0.2) is 62.8 Å². The molecule has 0 aromatic carbocycles. The lowest BCUT2D eigenvalue weighted by Gasteiger charge is -2.21. The highest BCUT2D eigenvalue weighted by Crippen LogP contribution is 2.19. The molecule has 1 fully saturated rings. The second-order valence-electron chi connectivity index (χ2n) is 7.20. The number of hydrogen-bond donors (Lipinski definition) is 2. The molecule has 0 aromatic rings. The lowest BCUT2D eigenvalue weighted by Crippen LogP contribution is -2.43. The smallest absolute Gasteiger partial charge is 0.191 e. The van der Waals surface area contributed by atoms with Crippen LogP contribution in [0.15, 0.2) is 4.99 Å². The third-order valence-corrected chi connectivity index (χ3v) is 5.16. The van der Waals surface area contributed by atoms with Crippen LogP contribution < -0.4 is 10.6 Å². The number of nitrogens with zero attached hydrogens (tertiary/aromatic N) is 2. The van der Waals surface area contributed by atoms with Crippen LogP contribution in [0.4, 0.5) is 0 Å². The Morgan fingerprint density at radius 2 is 1.81 bits per heavy atom. The van der Waals surface area contributed by atoms with Crippen molar-refractivity contribution in [1.29, 1.82) is 0 Å².